The van der Waals surface area contributed by atoms with Gasteiger partial charge in [0.1, 0.15) is 11.5 Å². The molecule has 0 aliphatic rings. The number of rotatable bonds is 24. The molecule has 6 nitrogen and oxygen atoms in total. The van der Waals surface area contributed by atoms with Crippen molar-refractivity contribution in [1.29, 1.82) is 0 Å². The van der Waals surface area contributed by atoms with Gasteiger partial charge < -0.3 is 18.9 Å². The number of fused-ring (bicyclic) bond motifs is 1. The third-order valence-electron chi connectivity index (χ3n) is 7.96. The number of unbranched alkanes of at least 4 members (excludes halogenated alkanes) is 18. The minimum absolute atomic E-state index is 0.346. The van der Waals surface area contributed by atoms with Crippen LogP contribution in [0.3, 0.4) is 0 Å². The van der Waals surface area contributed by atoms with Crippen molar-refractivity contribution >= 4 is 23.1 Å². The van der Waals surface area contributed by atoms with Crippen LogP contribution in [0, 0.1) is 6.92 Å². The van der Waals surface area contributed by atoms with Gasteiger partial charge in [0.05, 0.1) is 13.2 Å². The molecule has 0 saturated carbocycles. The first-order chi connectivity index (χ1) is 21.1. The van der Waals surface area contributed by atoms with E-state index in [-0.39, 0.29) is 0 Å². The largest absolute Gasteiger partial charge is 0.513 e. The topological polar surface area (TPSA) is 71.1 Å². The van der Waals surface area contributed by atoms with Crippen LogP contribution in [0.4, 0.5) is 9.59 Å². The summed E-state index contributed by atoms with van der Waals surface area (Å²) in [4.78, 5) is 24.9. The van der Waals surface area contributed by atoms with Gasteiger partial charge in [0.25, 0.3) is 0 Å². The van der Waals surface area contributed by atoms with E-state index in [1.54, 1.807) is 6.07 Å². The van der Waals surface area contributed by atoms with Crippen molar-refractivity contribution in [3.05, 3.63) is 35.9 Å². The van der Waals surface area contributed by atoms with Gasteiger partial charge >= 0.3 is 12.3 Å². The van der Waals surface area contributed by atoms with E-state index in [1.807, 2.05) is 31.2 Å². The summed E-state index contributed by atoms with van der Waals surface area (Å²) in [6.45, 7) is 7.00. The van der Waals surface area contributed by atoms with Gasteiger partial charge in [-0.05, 0) is 31.4 Å². The van der Waals surface area contributed by atoms with E-state index in [0.29, 0.717) is 41.0 Å². The molecule has 2 aromatic rings. The van der Waals surface area contributed by atoms with Crippen LogP contribution < -0.4 is 9.47 Å². The summed E-state index contributed by atoms with van der Waals surface area (Å²) >= 11 is 0. The monoisotopic (exact) mass is 598 g/mol. The van der Waals surface area contributed by atoms with Crippen LogP contribution in [0.2, 0.25) is 0 Å². The van der Waals surface area contributed by atoms with E-state index in [9.17, 15) is 9.59 Å². The fraction of sp³-hybridized carbons (Fsp3) is 0.676. The quantitative estimate of drug-likeness (QED) is 0.0680. The lowest BCUT2D eigenvalue weighted by atomic mass is 10.0. The molecule has 0 atom stereocenters. The molecule has 2 rings (SSSR count). The Hall–Kier alpha value is -2.76. The second-order valence-electron chi connectivity index (χ2n) is 11.8. The van der Waals surface area contributed by atoms with Crippen LogP contribution in [0.15, 0.2) is 30.3 Å². The van der Waals surface area contributed by atoms with Gasteiger partial charge in [0.15, 0.2) is 0 Å². The summed E-state index contributed by atoms with van der Waals surface area (Å²) in [5.41, 5.74) is 0.673. The van der Waals surface area contributed by atoms with Crippen molar-refractivity contribution < 1.29 is 28.5 Å². The zero-order chi connectivity index (χ0) is 31.0. The third kappa shape index (κ3) is 16.0. The maximum Gasteiger partial charge on any atom is 0.513 e. The number of ether oxygens (including phenoxy) is 4. The fourth-order valence-corrected chi connectivity index (χ4v) is 5.39. The van der Waals surface area contributed by atoms with Gasteiger partial charge in [-0.15, -0.1) is 0 Å². The average molecular weight is 599 g/mol. The maximum absolute atomic E-state index is 12.5. The molecule has 0 aliphatic carbocycles. The highest BCUT2D eigenvalue weighted by Crippen LogP contribution is 2.37. The smallest absolute Gasteiger partial charge is 0.434 e. The van der Waals surface area contributed by atoms with Crippen LogP contribution in [0.5, 0.6) is 11.5 Å². The van der Waals surface area contributed by atoms with Crippen molar-refractivity contribution in [2.75, 3.05) is 13.2 Å². The lowest BCUT2D eigenvalue weighted by molar-refractivity contribution is 0.0956. The van der Waals surface area contributed by atoms with Gasteiger partial charge in [-0.25, -0.2) is 9.59 Å². The molecule has 0 fully saturated rings. The number of hydrogen-bond donors (Lipinski definition) is 0. The predicted octanol–water partition coefficient (Wildman–Crippen LogP) is 12.0. The van der Waals surface area contributed by atoms with Gasteiger partial charge in [-0.3, -0.25) is 0 Å². The lowest BCUT2D eigenvalue weighted by Gasteiger charge is -2.14. The van der Waals surface area contributed by atoms with Crippen LogP contribution in [0.25, 0.3) is 10.8 Å². The molecule has 242 valence electrons. The van der Waals surface area contributed by atoms with Gasteiger partial charge in [0.2, 0.25) is 0 Å². The van der Waals surface area contributed by atoms with E-state index in [0.717, 1.165) is 25.7 Å². The van der Waals surface area contributed by atoms with Gasteiger partial charge in [0, 0.05) is 10.8 Å². The van der Waals surface area contributed by atoms with E-state index in [1.165, 1.54) is 103 Å². The van der Waals surface area contributed by atoms with Crippen molar-refractivity contribution in [3.63, 3.8) is 0 Å². The first-order valence-electron chi connectivity index (χ1n) is 17.3. The molecule has 0 bridgehead atoms. The molecule has 0 radical (unpaired) electrons. The molecule has 6 heteroatoms. The van der Waals surface area contributed by atoms with Crippen LogP contribution in [-0.2, 0) is 9.47 Å². The summed E-state index contributed by atoms with van der Waals surface area (Å²) in [6, 6.07) is 9.09. The molecule has 0 spiro atoms. The van der Waals surface area contributed by atoms with Crippen molar-refractivity contribution in [3.8, 4) is 11.5 Å². The predicted molar refractivity (Wildman–Crippen MR) is 176 cm³/mol. The highest BCUT2D eigenvalue weighted by atomic mass is 16.7. The van der Waals surface area contributed by atoms with Crippen LogP contribution in [0.1, 0.15) is 148 Å². The number of benzene rings is 2. The second-order valence-corrected chi connectivity index (χ2v) is 11.8. The number of hydrogen-bond acceptors (Lipinski definition) is 6. The highest BCUT2D eigenvalue weighted by Gasteiger charge is 2.18. The molecule has 0 amide bonds. The Morgan fingerprint density at radius 2 is 0.930 bits per heavy atom. The van der Waals surface area contributed by atoms with Gasteiger partial charge in [-0.2, -0.15) is 0 Å². The van der Waals surface area contributed by atoms with Crippen molar-refractivity contribution in [2.24, 2.45) is 0 Å². The zero-order valence-corrected chi connectivity index (χ0v) is 27.4. The van der Waals surface area contributed by atoms with E-state index in [4.69, 9.17) is 18.9 Å². The van der Waals surface area contributed by atoms with E-state index >= 15 is 0 Å². The lowest BCUT2D eigenvalue weighted by Crippen LogP contribution is -2.14. The molecule has 0 heterocycles. The standard InChI is InChI=1S/C37H58O6/c1-4-6-8-10-12-14-16-18-20-24-28-40-36(38)42-34-30-31(3)35(33-27-23-22-26-32(33)34)43-37(39)41-29-25-21-19-17-15-13-11-9-7-5-2/h22-23,26-27,30H,4-21,24-25,28-29H2,1-3H3. The van der Waals surface area contributed by atoms with Crippen LogP contribution >= 0.6 is 0 Å². The molecule has 0 aromatic heterocycles. The normalized spacial score (nSPS) is 11.0. The molecule has 0 aliphatic heterocycles. The summed E-state index contributed by atoms with van der Waals surface area (Å²) in [5, 5.41) is 1.34. The Kier molecular flexibility index (Phi) is 20.1. The van der Waals surface area contributed by atoms with E-state index in [2.05, 4.69) is 13.8 Å². The second kappa shape index (κ2) is 23.7. The third-order valence-corrected chi connectivity index (χ3v) is 7.96. The highest BCUT2D eigenvalue weighted by molar-refractivity contribution is 5.96. The Morgan fingerprint density at radius 3 is 1.40 bits per heavy atom. The summed E-state index contributed by atoms with van der Waals surface area (Å²) < 4.78 is 21.9. The van der Waals surface area contributed by atoms with Crippen molar-refractivity contribution in [1.82, 2.24) is 0 Å². The minimum Gasteiger partial charge on any atom is -0.434 e. The van der Waals surface area contributed by atoms with Crippen LogP contribution in [-0.4, -0.2) is 25.5 Å². The Balaban J connectivity index is 1.70. The summed E-state index contributed by atoms with van der Waals surface area (Å²) in [6.07, 6.45) is 23.0. The molecule has 0 saturated heterocycles. The summed E-state index contributed by atoms with van der Waals surface area (Å²) in [7, 11) is 0. The summed E-state index contributed by atoms with van der Waals surface area (Å²) in [5.74, 6) is 0.794. The molecule has 0 unspecified atom stereocenters. The molecule has 43 heavy (non-hydrogen) atoms. The number of aryl methyl sites for hydroxylation is 1. The SMILES string of the molecule is CCCCCCCCCCCCOC(=O)Oc1cc(C)c(OC(=O)OCCCCCCCCCCCC)c2ccccc12. The first kappa shape index (κ1) is 36.4. The average Bonchev–Trinajstić information content (AvgIpc) is 3.00. The molecule has 2 aromatic carbocycles. The molecular weight excluding hydrogens is 540 g/mol. The van der Waals surface area contributed by atoms with E-state index < -0.39 is 12.3 Å². The minimum atomic E-state index is -0.718. The number of carbonyl (C=O) groups is 2. The molecular formula is C37H58O6. The maximum atomic E-state index is 12.5. The molecule has 0 N–H and O–H groups in total. The van der Waals surface area contributed by atoms with Crippen molar-refractivity contribution in [2.45, 2.75) is 149 Å². The zero-order valence-electron chi connectivity index (χ0n) is 27.4. The fourth-order valence-electron chi connectivity index (χ4n) is 5.39. The number of carbonyl (C=O) groups excluding carboxylic acids is 2. The Bertz CT molecular complexity index is 1030. The Morgan fingerprint density at radius 1 is 0.535 bits per heavy atom. The first-order valence-corrected chi connectivity index (χ1v) is 17.3. The van der Waals surface area contributed by atoms with Gasteiger partial charge in [-0.1, -0.05) is 154 Å². The Labute approximate surface area is 261 Å².